The third-order valence-electron chi connectivity index (χ3n) is 5.49. The minimum absolute atomic E-state index is 0.0776. The molecule has 7 nitrogen and oxygen atoms in total. The van der Waals surface area contributed by atoms with Gasteiger partial charge in [-0.05, 0) is 24.1 Å². The summed E-state index contributed by atoms with van der Waals surface area (Å²) in [6.07, 6.45) is -0.0194. The number of ether oxygens (including phenoxy) is 1. The molecular formula is C21H19ClF2N6O. The van der Waals surface area contributed by atoms with Crippen LogP contribution in [0.2, 0.25) is 5.15 Å². The number of fused-ring (bicyclic) bond motifs is 1. The molecule has 2 aromatic heterocycles. The van der Waals surface area contributed by atoms with Crippen molar-refractivity contribution in [2.75, 3.05) is 18.4 Å². The molecular weight excluding hydrogens is 426 g/mol. The molecule has 3 heterocycles. The Labute approximate surface area is 183 Å². The molecule has 160 valence electrons. The molecule has 10 heteroatoms. The largest absolute Gasteiger partial charge is 0.474 e. The van der Waals surface area contributed by atoms with Crippen LogP contribution in [0.5, 0.6) is 5.88 Å². The van der Waals surface area contributed by atoms with E-state index >= 15 is 0 Å². The lowest BCUT2D eigenvalue weighted by Gasteiger charge is -2.32. The van der Waals surface area contributed by atoms with E-state index in [1.54, 1.807) is 6.07 Å². The van der Waals surface area contributed by atoms with Crippen molar-refractivity contribution in [3.8, 4) is 18.0 Å². The van der Waals surface area contributed by atoms with Gasteiger partial charge in [0.05, 0.1) is 11.6 Å². The first-order valence-corrected chi connectivity index (χ1v) is 10.3. The molecule has 1 fully saturated rings. The van der Waals surface area contributed by atoms with Crippen LogP contribution in [0.1, 0.15) is 35.1 Å². The third-order valence-corrected chi connectivity index (χ3v) is 5.76. The number of rotatable bonds is 6. The maximum Gasteiger partial charge on any atom is 0.220 e. The van der Waals surface area contributed by atoms with Crippen LogP contribution in [0.3, 0.4) is 0 Å². The quantitative estimate of drug-likeness (QED) is 0.537. The Hall–Kier alpha value is -3.01. The molecule has 0 radical (unpaired) electrons. The summed E-state index contributed by atoms with van der Waals surface area (Å²) in [5.74, 6) is 0.0301. The van der Waals surface area contributed by atoms with E-state index in [2.05, 4.69) is 26.3 Å². The highest BCUT2D eigenvalue weighted by Crippen LogP contribution is 2.34. The van der Waals surface area contributed by atoms with Crippen LogP contribution in [-0.4, -0.2) is 40.2 Å². The highest BCUT2D eigenvalue weighted by molar-refractivity contribution is 6.30. The van der Waals surface area contributed by atoms with Crippen LogP contribution >= 0.6 is 11.6 Å². The Morgan fingerprint density at radius 2 is 2.06 bits per heavy atom. The number of halogens is 3. The molecule has 1 aliphatic heterocycles. The van der Waals surface area contributed by atoms with Crippen molar-refractivity contribution in [3.05, 3.63) is 45.5 Å². The smallest absolute Gasteiger partial charge is 0.220 e. The van der Waals surface area contributed by atoms with Gasteiger partial charge in [-0.1, -0.05) is 11.6 Å². The normalized spacial score (nSPS) is 20.2. The third kappa shape index (κ3) is 4.53. The van der Waals surface area contributed by atoms with E-state index in [0.717, 1.165) is 11.1 Å². The van der Waals surface area contributed by atoms with E-state index in [-0.39, 0.29) is 36.5 Å². The minimum Gasteiger partial charge on any atom is -0.474 e. The van der Waals surface area contributed by atoms with E-state index in [4.69, 9.17) is 21.6 Å². The van der Waals surface area contributed by atoms with Crippen molar-refractivity contribution >= 4 is 17.4 Å². The molecule has 2 aromatic rings. The van der Waals surface area contributed by atoms with Gasteiger partial charge in [0.15, 0.2) is 0 Å². The van der Waals surface area contributed by atoms with E-state index < -0.39 is 12.1 Å². The molecule has 0 atom stereocenters. The summed E-state index contributed by atoms with van der Waals surface area (Å²) in [7, 11) is 0. The maximum absolute atomic E-state index is 13.7. The highest BCUT2D eigenvalue weighted by Gasteiger charge is 2.32. The topological polar surface area (TPSA) is 97.9 Å². The molecule has 0 aromatic carbocycles. The number of nitrogens with zero attached hydrogens (tertiary/aromatic N) is 5. The first kappa shape index (κ1) is 21.2. The van der Waals surface area contributed by atoms with Crippen LogP contribution in [-0.2, 0) is 19.5 Å². The summed E-state index contributed by atoms with van der Waals surface area (Å²) in [6.45, 7) is 1.57. The predicted molar refractivity (Wildman–Crippen MR) is 109 cm³/mol. The van der Waals surface area contributed by atoms with Crippen LogP contribution < -0.4 is 10.1 Å². The standard InChI is InChI=1S/C21H19ClF2N6O/c22-19-16(9-26)17-11-30(6-3-15(17)20(29-19)27-5-4-25)10-12-1-2-18(24)28-21(12)31-14-7-13(23)8-14/h1-2,13-14H,3,5-8,10-11H2,(H,27,29). The molecule has 0 unspecified atom stereocenters. The second-order valence-corrected chi connectivity index (χ2v) is 7.93. The van der Waals surface area contributed by atoms with Crippen LogP contribution in [0.15, 0.2) is 12.1 Å². The molecule has 0 spiro atoms. The van der Waals surface area contributed by atoms with Crippen molar-refractivity contribution < 1.29 is 13.5 Å². The highest BCUT2D eigenvalue weighted by atomic mass is 35.5. The lowest BCUT2D eigenvalue weighted by Crippen LogP contribution is -2.36. The lowest BCUT2D eigenvalue weighted by molar-refractivity contribution is 0.0358. The molecule has 0 amide bonds. The van der Waals surface area contributed by atoms with Gasteiger partial charge in [-0.15, -0.1) is 0 Å². The lowest BCUT2D eigenvalue weighted by atomic mass is 9.93. The fourth-order valence-electron chi connectivity index (χ4n) is 3.84. The second-order valence-electron chi connectivity index (χ2n) is 7.57. The molecule has 2 aliphatic rings. The number of nitriles is 2. The van der Waals surface area contributed by atoms with Crippen molar-refractivity contribution in [1.29, 1.82) is 10.5 Å². The van der Waals surface area contributed by atoms with Crippen LogP contribution in [0, 0.1) is 28.6 Å². The van der Waals surface area contributed by atoms with Gasteiger partial charge >= 0.3 is 0 Å². The summed E-state index contributed by atoms with van der Waals surface area (Å²) in [5.41, 5.74) is 2.62. The van der Waals surface area contributed by atoms with Crippen LogP contribution in [0.25, 0.3) is 0 Å². The second kappa shape index (κ2) is 9.01. The fraction of sp³-hybridized carbons (Fsp3) is 0.429. The molecule has 4 rings (SSSR count). The van der Waals surface area contributed by atoms with E-state index in [9.17, 15) is 14.0 Å². The van der Waals surface area contributed by atoms with Gasteiger partial charge < -0.3 is 10.1 Å². The van der Waals surface area contributed by atoms with Crippen molar-refractivity contribution in [2.45, 2.75) is 44.6 Å². The van der Waals surface area contributed by atoms with Gasteiger partial charge in [0.2, 0.25) is 11.8 Å². The summed E-state index contributed by atoms with van der Waals surface area (Å²) in [6, 6.07) is 7.01. The molecule has 0 bridgehead atoms. The average molecular weight is 445 g/mol. The Kier molecular flexibility index (Phi) is 6.17. The van der Waals surface area contributed by atoms with Gasteiger partial charge in [0, 0.05) is 43.6 Å². The van der Waals surface area contributed by atoms with E-state index in [0.29, 0.717) is 43.0 Å². The number of alkyl halides is 1. The Bertz CT molecular complexity index is 1080. The molecule has 1 saturated carbocycles. The summed E-state index contributed by atoms with van der Waals surface area (Å²) < 4.78 is 32.6. The molecule has 0 saturated heterocycles. The number of hydrogen-bond donors (Lipinski definition) is 1. The zero-order valence-corrected chi connectivity index (χ0v) is 17.3. The fourth-order valence-corrected chi connectivity index (χ4v) is 4.08. The minimum atomic E-state index is -0.882. The summed E-state index contributed by atoms with van der Waals surface area (Å²) >= 11 is 6.21. The number of pyridine rings is 2. The van der Waals surface area contributed by atoms with Crippen molar-refractivity contribution in [2.24, 2.45) is 0 Å². The molecule has 1 N–H and O–H groups in total. The SMILES string of the molecule is N#CCNc1nc(Cl)c(C#N)c2c1CCN(Cc1ccc(F)nc1OC1CC(F)C1)C2. The predicted octanol–water partition coefficient (Wildman–Crippen LogP) is 3.51. The van der Waals surface area contributed by atoms with Crippen molar-refractivity contribution in [3.63, 3.8) is 0 Å². The zero-order chi connectivity index (χ0) is 22.0. The number of hydrogen-bond acceptors (Lipinski definition) is 7. The zero-order valence-electron chi connectivity index (χ0n) is 16.5. The van der Waals surface area contributed by atoms with E-state index in [1.165, 1.54) is 6.07 Å². The molecule has 1 aliphatic carbocycles. The Balaban J connectivity index is 1.57. The van der Waals surface area contributed by atoms with Gasteiger partial charge in [-0.3, -0.25) is 4.90 Å². The number of anilines is 1. The summed E-state index contributed by atoms with van der Waals surface area (Å²) in [5, 5.41) is 21.5. The number of aromatic nitrogens is 2. The Morgan fingerprint density at radius 1 is 1.26 bits per heavy atom. The van der Waals surface area contributed by atoms with Gasteiger partial charge in [0.1, 0.15) is 35.9 Å². The first-order valence-electron chi connectivity index (χ1n) is 9.89. The van der Waals surface area contributed by atoms with E-state index in [1.807, 2.05) is 6.07 Å². The Morgan fingerprint density at radius 3 is 2.77 bits per heavy atom. The monoisotopic (exact) mass is 444 g/mol. The van der Waals surface area contributed by atoms with Gasteiger partial charge in [0.25, 0.3) is 0 Å². The summed E-state index contributed by atoms with van der Waals surface area (Å²) in [4.78, 5) is 10.2. The van der Waals surface area contributed by atoms with Crippen molar-refractivity contribution in [1.82, 2.24) is 14.9 Å². The first-order chi connectivity index (χ1) is 15.0. The van der Waals surface area contributed by atoms with Crippen LogP contribution in [0.4, 0.5) is 14.6 Å². The maximum atomic E-state index is 13.7. The molecule has 31 heavy (non-hydrogen) atoms. The number of nitrogens with one attached hydrogen (secondary N) is 1. The average Bonchev–Trinajstić information content (AvgIpc) is 2.72. The van der Waals surface area contributed by atoms with Gasteiger partial charge in [-0.25, -0.2) is 9.37 Å². The van der Waals surface area contributed by atoms with Gasteiger partial charge in [-0.2, -0.15) is 19.9 Å².